The zero-order valence-corrected chi connectivity index (χ0v) is 12.4. The lowest BCUT2D eigenvalue weighted by molar-refractivity contribution is -0.144. The quantitative estimate of drug-likeness (QED) is 0.776. The molecule has 1 unspecified atom stereocenters. The highest BCUT2D eigenvalue weighted by Crippen LogP contribution is 2.16. The predicted molar refractivity (Wildman–Crippen MR) is 73.6 cm³/mol. The normalized spacial score (nSPS) is 12.7. The van der Waals surface area contributed by atoms with Crippen LogP contribution in [0.4, 0.5) is 4.39 Å². The maximum absolute atomic E-state index is 13.6. The van der Waals surface area contributed by atoms with E-state index in [2.05, 4.69) is 4.74 Å². The average Bonchev–Trinajstić information content (AvgIpc) is 2.39. The molecule has 0 spiro atoms. The molecular weight excluding hydrogens is 301 g/mol. The molecule has 0 saturated heterocycles. The second-order valence-corrected chi connectivity index (χ2v) is 6.76. The summed E-state index contributed by atoms with van der Waals surface area (Å²) in [5, 5.41) is 0. The van der Waals surface area contributed by atoms with Crippen molar-refractivity contribution in [3.8, 4) is 0 Å². The zero-order chi connectivity index (χ0) is 16.2. The van der Waals surface area contributed by atoms with E-state index in [4.69, 9.17) is 5.73 Å². The van der Waals surface area contributed by atoms with Gasteiger partial charge in [0.1, 0.15) is 5.82 Å². The third kappa shape index (κ3) is 4.82. The van der Waals surface area contributed by atoms with E-state index in [1.54, 1.807) is 0 Å². The maximum Gasteiger partial charge on any atom is 0.309 e. The van der Waals surface area contributed by atoms with Gasteiger partial charge < -0.3 is 10.5 Å². The zero-order valence-electron chi connectivity index (χ0n) is 11.6. The summed E-state index contributed by atoms with van der Waals surface area (Å²) in [6.07, 6.45) is 0. The van der Waals surface area contributed by atoms with Gasteiger partial charge in [-0.3, -0.25) is 9.59 Å². The number of methoxy groups -OCH3 is 1. The minimum absolute atomic E-state index is 0.0163. The van der Waals surface area contributed by atoms with Crippen molar-refractivity contribution < 1.29 is 27.1 Å². The van der Waals surface area contributed by atoms with Gasteiger partial charge in [0.25, 0.3) is 0 Å². The lowest BCUT2D eigenvalue weighted by atomic mass is 10.1. The van der Waals surface area contributed by atoms with Crippen LogP contribution in [0.5, 0.6) is 0 Å². The molecule has 8 heteroatoms. The first-order valence-electron chi connectivity index (χ1n) is 6.02. The van der Waals surface area contributed by atoms with Crippen molar-refractivity contribution in [2.45, 2.75) is 12.7 Å². The van der Waals surface area contributed by atoms with Crippen LogP contribution in [-0.4, -0.2) is 33.2 Å². The molecule has 21 heavy (non-hydrogen) atoms. The van der Waals surface area contributed by atoms with Gasteiger partial charge >= 0.3 is 5.97 Å². The summed E-state index contributed by atoms with van der Waals surface area (Å²) >= 11 is 0. The Hall–Kier alpha value is -1.96. The van der Waals surface area contributed by atoms with E-state index in [0.717, 1.165) is 19.2 Å². The number of halogens is 1. The minimum atomic E-state index is -3.75. The van der Waals surface area contributed by atoms with Crippen LogP contribution in [0.25, 0.3) is 0 Å². The molecule has 1 aromatic rings. The Morgan fingerprint density at radius 2 is 2.00 bits per heavy atom. The number of esters is 1. The van der Waals surface area contributed by atoms with Crippen LogP contribution in [0.15, 0.2) is 18.2 Å². The fourth-order valence-corrected chi connectivity index (χ4v) is 3.50. The van der Waals surface area contributed by atoms with Gasteiger partial charge in [-0.2, -0.15) is 0 Å². The Bertz CT molecular complexity index is 657. The summed E-state index contributed by atoms with van der Waals surface area (Å²) in [6, 6.07) is 3.25. The molecule has 0 saturated carbocycles. The molecule has 6 nitrogen and oxygen atoms in total. The van der Waals surface area contributed by atoms with Gasteiger partial charge in [-0.05, 0) is 18.2 Å². The third-order valence-electron chi connectivity index (χ3n) is 2.81. The molecule has 0 aromatic heterocycles. The number of hydrogen-bond donors (Lipinski definition) is 1. The van der Waals surface area contributed by atoms with E-state index < -0.39 is 45.0 Å². The summed E-state index contributed by atoms with van der Waals surface area (Å²) < 4.78 is 42.0. The number of ether oxygens (including phenoxy) is 1. The Labute approximate surface area is 122 Å². The van der Waals surface area contributed by atoms with Gasteiger partial charge in [0.2, 0.25) is 5.91 Å². The molecule has 0 aliphatic rings. The van der Waals surface area contributed by atoms with Gasteiger partial charge in [-0.25, -0.2) is 12.8 Å². The number of nitrogens with two attached hydrogens (primary N) is 1. The number of sulfone groups is 1. The van der Waals surface area contributed by atoms with Crippen molar-refractivity contribution in [1.82, 2.24) is 0 Å². The summed E-state index contributed by atoms with van der Waals surface area (Å²) in [5.74, 6) is -4.15. The van der Waals surface area contributed by atoms with Crippen LogP contribution in [0.3, 0.4) is 0 Å². The highest BCUT2D eigenvalue weighted by atomic mass is 32.2. The molecule has 116 valence electrons. The molecule has 1 amide bonds. The van der Waals surface area contributed by atoms with E-state index in [1.165, 1.54) is 13.0 Å². The van der Waals surface area contributed by atoms with Crippen molar-refractivity contribution in [3.05, 3.63) is 35.1 Å². The Balaban J connectivity index is 2.96. The van der Waals surface area contributed by atoms with Crippen molar-refractivity contribution in [1.29, 1.82) is 0 Å². The molecular formula is C13H16FNO5S. The molecule has 1 rings (SSSR count). The third-order valence-corrected chi connectivity index (χ3v) is 4.57. The van der Waals surface area contributed by atoms with Crippen LogP contribution < -0.4 is 5.73 Å². The fourth-order valence-electron chi connectivity index (χ4n) is 1.78. The van der Waals surface area contributed by atoms with E-state index in [-0.39, 0.29) is 11.1 Å². The molecule has 2 N–H and O–H groups in total. The molecule has 0 bridgehead atoms. The van der Waals surface area contributed by atoms with Crippen LogP contribution in [0, 0.1) is 11.7 Å². The number of rotatable bonds is 6. The largest absolute Gasteiger partial charge is 0.469 e. The molecule has 1 aromatic carbocycles. The highest BCUT2D eigenvalue weighted by molar-refractivity contribution is 7.90. The fraction of sp³-hybridized carbons (Fsp3) is 0.385. The van der Waals surface area contributed by atoms with E-state index in [9.17, 15) is 22.4 Å². The van der Waals surface area contributed by atoms with Crippen molar-refractivity contribution >= 4 is 21.7 Å². The number of carbonyl (C=O) groups excluding carboxylic acids is 2. The first-order chi connectivity index (χ1) is 9.66. The maximum atomic E-state index is 13.6. The summed E-state index contributed by atoms with van der Waals surface area (Å²) in [4.78, 5) is 22.3. The summed E-state index contributed by atoms with van der Waals surface area (Å²) in [6.45, 7) is 1.40. The van der Waals surface area contributed by atoms with Crippen LogP contribution in [-0.2, 0) is 25.1 Å². The van der Waals surface area contributed by atoms with Gasteiger partial charge in [-0.15, -0.1) is 0 Å². The second kappa shape index (κ2) is 6.66. The monoisotopic (exact) mass is 317 g/mol. The predicted octanol–water partition coefficient (Wildman–Crippen LogP) is 0.649. The van der Waals surface area contributed by atoms with Crippen LogP contribution in [0.1, 0.15) is 22.8 Å². The van der Waals surface area contributed by atoms with Crippen molar-refractivity contribution in [2.24, 2.45) is 11.7 Å². The van der Waals surface area contributed by atoms with Crippen LogP contribution >= 0.6 is 0 Å². The van der Waals surface area contributed by atoms with E-state index in [0.29, 0.717) is 0 Å². The first kappa shape index (κ1) is 17.1. The molecule has 0 aliphatic carbocycles. The lowest BCUT2D eigenvalue weighted by Crippen LogP contribution is -2.24. The number of benzene rings is 1. The molecule has 1 atom stereocenters. The smallest absolute Gasteiger partial charge is 0.309 e. The molecule has 0 heterocycles. The van der Waals surface area contributed by atoms with Gasteiger partial charge in [-0.1, -0.05) is 6.92 Å². The SMILES string of the molecule is COC(=O)C(C)CS(=O)(=O)Cc1cc(C(N)=O)ccc1F. The summed E-state index contributed by atoms with van der Waals surface area (Å²) in [7, 11) is -2.59. The van der Waals surface area contributed by atoms with Crippen molar-refractivity contribution in [3.63, 3.8) is 0 Å². The number of amides is 1. The lowest BCUT2D eigenvalue weighted by Gasteiger charge is -2.11. The van der Waals surface area contributed by atoms with Gasteiger partial charge in [0.05, 0.1) is 24.5 Å². The minimum Gasteiger partial charge on any atom is -0.469 e. The highest BCUT2D eigenvalue weighted by Gasteiger charge is 2.24. The number of hydrogen-bond acceptors (Lipinski definition) is 5. The number of carbonyl (C=O) groups is 2. The Kier molecular flexibility index (Phi) is 5.42. The van der Waals surface area contributed by atoms with Crippen LogP contribution in [0.2, 0.25) is 0 Å². The Morgan fingerprint density at radius 1 is 1.38 bits per heavy atom. The summed E-state index contributed by atoms with van der Waals surface area (Å²) in [5.41, 5.74) is 4.92. The van der Waals surface area contributed by atoms with Gasteiger partial charge in [0.15, 0.2) is 9.84 Å². The standard InChI is InChI=1S/C13H16FNO5S/c1-8(13(17)20-2)6-21(18,19)7-10-5-9(12(15)16)3-4-11(10)14/h3-5,8H,6-7H2,1-2H3,(H2,15,16). The Morgan fingerprint density at radius 3 is 2.52 bits per heavy atom. The van der Waals surface area contributed by atoms with E-state index >= 15 is 0 Å². The average molecular weight is 317 g/mol. The number of primary amides is 1. The second-order valence-electron chi connectivity index (χ2n) is 4.65. The van der Waals surface area contributed by atoms with Crippen molar-refractivity contribution in [2.75, 3.05) is 12.9 Å². The molecule has 0 fully saturated rings. The first-order valence-corrected chi connectivity index (χ1v) is 7.85. The molecule has 0 aliphatic heterocycles. The molecule has 0 radical (unpaired) electrons. The topological polar surface area (TPSA) is 104 Å². The van der Waals surface area contributed by atoms with Gasteiger partial charge in [0, 0.05) is 11.1 Å². The van der Waals surface area contributed by atoms with E-state index in [1.807, 2.05) is 0 Å².